The van der Waals surface area contributed by atoms with Gasteiger partial charge in [0.25, 0.3) is 0 Å². The van der Waals surface area contributed by atoms with E-state index in [-0.39, 0.29) is 5.91 Å². The number of nitrogens with zero attached hydrogens (tertiary/aromatic N) is 4. The quantitative estimate of drug-likeness (QED) is 0.331. The fraction of sp³-hybridized carbons (Fsp3) is 0.192. The molecule has 0 N–H and O–H groups in total. The lowest BCUT2D eigenvalue weighted by Crippen LogP contribution is -2.33. The Hall–Kier alpha value is -3.78. The van der Waals surface area contributed by atoms with E-state index in [1.807, 2.05) is 90.4 Å². The van der Waals surface area contributed by atoms with Gasteiger partial charge in [0, 0.05) is 12.7 Å². The van der Waals surface area contributed by atoms with Gasteiger partial charge in [-0.15, -0.1) is 10.2 Å². The molecule has 1 aromatic heterocycles. The van der Waals surface area contributed by atoms with Gasteiger partial charge in [0.2, 0.25) is 5.91 Å². The predicted octanol–water partition coefficient (Wildman–Crippen LogP) is 5.10. The number of benzene rings is 3. The van der Waals surface area contributed by atoms with Gasteiger partial charge in [0.15, 0.2) is 11.0 Å². The Kier molecular flexibility index (Phi) is 7.18. The molecule has 0 fully saturated rings. The zero-order valence-electron chi connectivity index (χ0n) is 19.5. The largest absolute Gasteiger partial charge is 0.497 e. The molecule has 4 rings (SSSR count). The zero-order valence-corrected chi connectivity index (χ0v) is 20.3. The number of anilines is 1. The minimum atomic E-state index is -0.392. The third kappa shape index (κ3) is 4.77. The monoisotopic (exact) mass is 474 g/mol. The molecular weight excluding hydrogens is 448 g/mol. The topological polar surface area (TPSA) is 69.5 Å². The molecule has 1 unspecified atom stereocenters. The molecule has 1 atom stereocenters. The van der Waals surface area contributed by atoms with Gasteiger partial charge in [-0.1, -0.05) is 42.1 Å². The van der Waals surface area contributed by atoms with E-state index in [1.165, 1.54) is 11.8 Å². The van der Waals surface area contributed by atoms with E-state index in [0.717, 1.165) is 22.7 Å². The Morgan fingerprint density at radius 3 is 2.26 bits per heavy atom. The van der Waals surface area contributed by atoms with Crippen LogP contribution in [0.2, 0.25) is 0 Å². The number of carbonyl (C=O) groups is 1. The molecule has 0 bridgehead atoms. The summed E-state index contributed by atoms with van der Waals surface area (Å²) in [6.45, 7) is 1.88. The van der Waals surface area contributed by atoms with Crippen molar-refractivity contribution < 1.29 is 14.3 Å². The fourth-order valence-electron chi connectivity index (χ4n) is 3.57. The molecule has 8 heteroatoms. The lowest BCUT2D eigenvalue weighted by molar-refractivity contribution is -0.117. The van der Waals surface area contributed by atoms with Crippen molar-refractivity contribution in [2.24, 2.45) is 0 Å². The Morgan fingerprint density at radius 1 is 0.912 bits per heavy atom. The molecule has 0 radical (unpaired) electrons. The van der Waals surface area contributed by atoms with Crippen LogP contribution in [0.5, 0.6) is 11.5 Å². The lowest BCUT2D eigenvalue weighted by Gasteiger charge is -2.21. The van der Waals surface area contributed by atoms with E-state index < -0.39 is 5.25 Å². The molecule has 0 saturated carbocycles. The molecule has 0 saturated heterocycles. The minimum absolute atomic E-state index is 0.0284. The van der Waals surface area contributed by atoms with Crippen molar-refractivity contribution in [3.05, 3.63) is 78.9 Å². The Bertz CT molecular complexity index is 1260. The molecule has 1 heterocycles. The molecule has 0 aliphatic heterocycles. The summed E-state index contributed by atoms with van der Waals surface area (Å²) in [6, 6.07) is 24.9. The molecule has 0 aliphatic carbocycles. The number of thioether (sulfide) groups is 1. The third-order valence-electron chi connectivity index (χ3n) is 5.42. The van der Waals surface area contributed by atoms with E-state index >= 15 is 0 Å². The van der Waals surface area contributed by atoms with E-state index in [0.29, 0.717) is 16.7 Å². The highest BCUT2D eigenvalue weighted by molar-refractivity contribution is 8.00. The average Bonchev–Trinajstić information content (AvgIpc) is 3.31. The van der Waals surface area contributed by atoms with Crippen LogP contribution >= 0.6 is 11.8 Å². The van der Waals surface area contributed by atoms with Crippen LogP contribution in [0, 0.1) is 0 Å². The standard InChI is InChI=1S/C26H26N4O3S/c1-18(25(31)29(2)19-10-6-5-7-11-19)34-26-28-27-24(22-12-8-9-13-23(22)33-4)30(26)20-14-16-21(32-3)17-15-20/h5-18H,1-4H3. The summed E-state index contributed by atoms with van der Waals surface area (Å²) in [5.41, 5.74) is 2.50. The lowest BCUT2D eigenvalue weighted by atomic mass is 10.2. The van der Waals surface area contributed by atoms with Crippen molar-refractivity contribution in [3.63, 3.8) is 0 Å². The van der Waals surface area contributed by atoms with Crippen LogP contribution in [0.1, 0.15) is 6.92 Å². The fourth-order valence-corrected chi connectivity index (χ4v) is 4.53. The van der Waals surface area contributed by atoms with Crippen molar-refractivity contribution in [1.29, 1.82) is 0 Å². The van der Waals surface area contributed by atoms with E-state index in [2.05, 4.69) is 10.2 Å². The SMILES string of the molecule is COc1ccc(-n2c(SC(C)C(=O)N(C)c3ccccc3)nnc2-c2ccccc2OC)cc1. The smallest absolute Gasteiger partial charge is 0.240 e. The van der Waals surface area contributed by atoms with Crippen LogP contribution < -0.4 is 14.4 Å². The van der Waals surface area contributed by atoms with Crippen LogP contribution in [0.3, 0.4) is 0 Å². The molecule has 1 amide bonds. The first-order chi connectivity index (χ1) is 16.5. The Balaban J connectivity index is 1.72. The first-order valence-electron chi connectivity index (χ1n) is 10.8. The third-order valence-corrected chi connectivity index (χ3v) is 6.45. The van der Waals surface area contributed by atoms with Crippen LogP contribution in [0.4, 0.5) is 5.69 Å². The molecule has 0 spiro atoms. The number of amides is 1. The second kappa shape index (κ2) is 10.4. The van der Waals surface area contributed by atoms with Crippen molar-refractivity contribution in [2.45, 2.75) is 17.3 Å². The van der Waals surface area contributed by atoms with Crippen molar-refractivity contribution >= 4 is 23.4 Å². The van der Waals surface area contributed by atoms with Crippen LogP contribution in [0.25, 0.3) is 17.1 Å². The van der Waals surface area contributed by atoms with Gasteiger partial charge >= 0.3 is 0 Å². The number of hydrogen-bond donors (Lipinski definition) is 0. The number of hydrogen-bond acceptors (Lipinski definition) is 6. The van der Waals surface area contributed by atoms with Gasteiger partial charge in [-0.3, -0.25) is 9.36 Å². The maximum absolute atomic E-state index is 13.2. The molecule has 34 heavy (non-hydrogen) atoms. The molecular formula is C26H26N4O3S. The van der Waals surface area contributed by atoms with Gasteiger partial charge in [-0.25, -0.2) is 0 Å². The van der Waals surface area contributed by atoms with Gasteiger partial charge in [0.1, 0.15) is 11.5 Å². The number of para-hydroxylation sites is 2. The van der Waals surface area contributed by atoms with Gasteiger partial charge in [0.05, 0.1) is 30.7 Å². The average molecular weight is 475 g/mol. The Morgan fingerprint density at radius 2 is 1.59 bits per heavy atom. The van der Waals surface area contributed by atoms with Crippen LogP contribution in [-0.4, -0.2) is 47.2 Å². The highest BCUT2D eigenvalue weighted by Gasteiger charge is 2.25. The molecule has 4 aromatic rings. The van der Waals surface area contributed by atoms with Crippen LogP contribution in [0.15, 0.2) is 84.0 Å². The minimum Gasteiger partial charge on any atom is -0.497 e. The van der Waals surface area contributed by atoms with Crippen molar-refractivity contribution in [1.82, 2.24) is 14.8 Å². The highest BCUT2D eigenvalue weighted by Crippen LogP contribution is 2.35. The van der Waals surface area contributed by atoms with E-state index in [4.69, 9.17) is 9.47 Å². The highest BCUT2D eigenvalue weighted by atomic mass is 32.2. The van der Waals surface area contributed by atoms with Gasteiger partial charge in [-0.05, 0) is 55.5 Å². The summed E-state index contributed by atoms with van der Waals surface area (Å²) in [5.74, 6) is 2.03. The van der Waals surface area contributed by atoms with Crippen LogP contribution in [-0.2, 0) is 4.79 Å². The second-order valence-corrected chi connectivity index (χ2v) is 8.84. The summed E-state index contributed by atoms with van der Waals surface area (Å²) >= 11 is 1.36. The first kappa shape index (κ1) is 23.4. The van der Waals surface area contributed by atoms with Crippen molar-refractivity contribution in [2.75, 3.05) is 26.2 Å². The molecule has 3 aromatic carbocycles. The predicted molar refractivity (Wildman–Crippen MR) is 135 cm³/mol. The van der Waals surface area contributed by atoms with E-state index in [9.17, 15) is 4.79 Å². The summed E-state index contributed by atoms with van der Waals surface area (Å²) in [6.07, 6.45) is 0. The second-order valence-electron chi connectivity index (χ2n) is 7.53. The number of aromatic nitrogens is 3. The molecule has 174 valence electrons. The normalized spacial score (nSPS) is 11.6. The summed E-state index contributed by atoms with van der Waals surface area (Å²) in [4.78, 5) is 14.8. The number of ether oxygens (including phenoxy) is 2. The van der Waals surface area contributed by atoms with Gasteiger partial charge < -0.3 is 14.4 Å². The summed E-state index contributed by atoms with van der Waals surface area (Å²) in [7, 11) is 5.04. The number of carbonyl (C=O) groups excluding carboxylic acids is 1. The van der Waals surface area contributed by atoms with Crippen molar-refractivity contribution in [3.8, 4) is 28.6 Å². The first-order valence-corrected chi connectivity index (χ1v) is 11.6. The Labute approximate surface area is 203 Å². The maximum Gasteiger partial charge on any atom is 0.240 e. The molecule has 0 aliphatic rings. The maximum atomic E-state index is 13.2. The number of methoxy groups -OCH3 is 2. The number of rotatable bonds is 8. The zero-order chi connectivity index (χ0) is 24.1. The summed E-state index contributed by atoms with van der Waals surface area (Å²) < 4.78 is 12.8. The molecule has 7 nitrogen and oxygen atoms in total. The van der Waals surface area contributed by atoms with Gasteiger partial charge in [-0.2, -0.15) is 0 Å². The summed E-state index contributed by atoms with van der Waals surface area (Å²) in [5, 5.41) is 9.16. The van der Waals surface area contributed by atoms with E-state index in [1.54, 1.807) is 26.2 Å².